The maximum Gasteiger partial charge on any atom is 0.272 e. The van der Waals surface area contributed by atoms with Gasteiger partial charge in [0.1, 0.15) is 11.5 Å². The number of nitrogens with zero attached hydrogens (tertiary/aromatic N) is 2. The Kier molecular flexibility index (Phi) is 4.18. The zero-order chi connectivity index (χ0) is 13.0. The second kappa shape index (κ2) is 5.85. The molecule has 0 unspecified atom stereocenters. The highest BCUT2D eigenvalue weighted by molar-refractivity contribution is 5.92. The van der Waals surface area contributed by atoms with Crippen LogP contribution >= 0.6 is 0 Å². The van der Waals surface area contributed by atoms with Crippen LogP contribution in [0.5, 0.6) is 0 Å². The van der Waals surface area contributed by atoms with E-state index in [1.807, 2.05) is 7.05 Å². The van der Waals surface area contributed by atoms with Gasteiger partial charge in [0, 0.05) is 13.6 Å². The largest absolute Gasteiger partial charge is 0.384 e. The molecular formula is C14H21N3O. The molecule has 2 rings (SSSR count). The molecule has 1 amide bonds. The maximum absolute atomic E-state index is 12.2. The van der Waals surface area contributed by atoms with Gasteiger partial charge in [-0.15, -0.1) is 0 Å². The van der Waals surface area contributed by atoms with Crippen LogP contribution in [0.1, 0.15) is 42.6 Å². The smallest absolute Gasteiger partial charge is 0.272 e. The Labute approximate surface area is 108 Å². The molecule has 1 aliphatic carbocycles. The number of hydrogen-bond donors (Lipinski definition) is 1. The van der Waals surface area contributed by atoms with E-state index >= 15 is 0 Å². The molecule has 4 heteroatoms. The number of nitrogens with two attached hydrogens (primary N) is 1. The summed E-state index contributed by atoms with van der Waals surface area (Å²) in [5.41, 5.74) is 6.04. The Bertz CT molecular complexity index is 413. The number of rotatable bonds is 3. The second-order valence-electron chi connectivity index (χ2n) is 5.14. The van der Waals surface area contributed by atoms with Crippen molar-refractivity contribution in [1.29, 1.82) is 0 Å². The minimum absolute atomic E-state index is 0.0344. The van der Waals surface area contributed by atoms with Gasteiger partial charge in [0.2, 0.25) is 0 Å². The molecule has 4 nitrogen and oxygen atoms in total. The number of anilines is 1. The van der Waals surface area contributed by atoms with Gasteiger partial charge in [-0.1, -0.05) is 25.3 Å². The molecule has 18 heavy (non-hydrogen) atoms. The van der Waals surface area contributed by atoms with Gasteiger partial charge >= 0.3 is 0 Å². The highest BCUT2D eigenvalue weighted by atomic mass is 16.2. The van der Waals surface area contributed by atoms with Crippen LogP contribution in [0.15, 0.2) is 18.2 Å². The normalized spacial score (nSPS) is 16.5. The quantitative estimate of drug-likeness (QED) is 0.891. The third-order valence-corrected chi connectivity index (χ3v) is 3.59. The van der Waals surface area contributed by atoms with Crippen LogP contribution in [0.2, 0.25) is 0 Å². The molecule has 0 saturated heterocycles. The molecule has 1 aromatic heterocycles. The average molecular weight is 247 g/mol. The number of carbonyl (C=O) groups excluding carboxylic acids is 1. The zero-order valence-corrected chi connectivity index (χ0v) is 10.9. The van der Waals surface area contributed by atoms with Crippen LogP contribution in [-0.4, -0.2) is 29.4 Å². The minimum atomic E-state index is -0.0344. The first-order valence-corrected chi connectivity index (χ1v) is 6.65. The standard InChI is InChI=1S/C14H21N3O/c1-17(10-11-6-3-2-4-7-11)14(18)12-8-5-9-13(15)16-12/h5,8-9,11H,2-4,6-7,10H2,1H3,(H2,15,16). The van der Waals surface area contributed by atoms with Gasteiger partial charge in [-0.05, 0) is 30.9 Å². The monoisotopic (exact) mass is 247 g/mol. The van der Waals surface area contributed by atoms with Gasteiger partial charge < -0.3 is 10.6 Å². The van der Waals surface area contributed by atoms with E-state index in [1.165, 1.54) is 32.1 Å². The van der Waals surface area contributed by atoms with E-state index in [4.69, 9.17) is 5.73 Å². The van der Waals surface area contributed by atoms with Crippen LogP contribution in [0, 0.1) is 5.92 Å². The lowest BCUT2D eigenvalue weighted by molar-refractivity contribution is 0.0755. The van der Waals surface area contributed by atoms with E-state index in [-0.39, 0.29) is 5.91 Å². The van der Waals surface area contributed by atoms with Crippen molar-refractivity contribution in [2.75, 3.05) is 19.3 Å². The molecule has 0 radical (unpaired) electrons. The molecule has 2 N–H and O–H groups in total. The summed E-state index contributed by atoms with van der Waals surface area (Å²) in [6.07, 6.45) is 6.40. The molecule has 0 aliphatic heterocycles. The molecule has 0 atom stereocenters. The van der Waals surface area contributed by atoms with Crippen molar-refractivity contribution in [1.82, 2.24) is 9.88 Å². The molecule has 0 aromatic carbocycles. The lowest BCUT2D eigenvalue weighted by Gasteiger charge is -2.26. The predicted octanol–water partition coefficient (Wildman–Crippen LogP) is 2.32. The fourth-order valence-electron chi connectivity index (χ4n) is 2.61. The van der Waals surface area contributed by atoms with Crippen LogP contribution in [0.25, 0.3) is 0 Å². The minimum Gasteiger partial charge on any atom is -0.384 e. The fraction of sp³-hybridized carbons (Fsp3) is 0.571. The Morgan fingerprint density at radius 3 is 2.78 bits per heavy atom. The summed E-state index contributed by atoms with van der Waals surface area (Å²) in [5.74, 6) is 1.01. The molecule has 1 saturated carbocycles. The molecule has 1 aromatic rings. The van der Waals surface area contributed by atoms with Crippen molar-refractivity contribution < 1.29 is 4.79 Å². The van der Waals surface area contributed by atoms with Crippen molar-refractivity contribution in [3.05, 3.63) is 23.9 Å². The van der Waals surface area contributed by atoms with E-state index in [0.717, 1.165) is 6.54 Å². The lowest BCUT2D eigenvalue weighted by Crippen LogP contribution is -2.33. The van der Waals surface area contributed by atoms with Crippen LogP contribution in [0.3, 0.4) is 0 Å². The van der Waals surface area contributed by atoms with Crippen molar-refractivity contribution in [3.63, 3.8) is 0 Å². The third kappa shape index (κ3) is 3.22. The maximum atomic E-state index is 12.2. The predicted molar refractivity (Wildman–Crippen MR) is 72.2 cm³/mol. The van der Waals surface area contributed by atoms with Gasteiger partial charge in [0.25, 0.3) is 5.91 Å². The Morgan fingerprint density at radius 1 is 1.39 bits per heavy atom. The first kappa shape index (κ1) is 12.9. The van der Waals surface area contributed by atoms with E-state index in [2.05, 4.69) is 4.98 Å². The van der Waals surface area contributed by atoms with Gasteiger partial charge in [-0.3, -0.25) is 4.79 Å². The molecular weight excluding hydrogens is 226 g/mol. The van der Waals surface area contributed by atoms with Crippen molar-refractivity contribution in [3.8, 4) is 0 Å². The fourth-order valence-corrected chi connectivity index (χ4v) is 2.61. The molecule has 0 bridgehead atoms. The Balaban J connectivity index is 1.95. The van der Waals surface area contributed by atoms with Gasteiger partial charge in [-0.2, -0.15) is 0 Å². The number of pyridine rings is 1. The van der Waals surface area contributed by atoms with Gasteiger partial charge in [-0.25, -0.2) is 4.98 Å². The van der Waals surface area contributed by atoms with Crippen molar-refractivity contribution >= 4 is 11.7 Å². The lowest BCUT2D eigenvalue weighted by atomic mass is 9.89. The molecule has 1 fully saturated rings. The average Bonchev–Trinajstić information content (AvgIpc) is 2.39. The van der Waals surface area contributed by atoms with E-state index in [9.17, 15) is 4.79 Å². The van der Waals surface area contributed by atoms with Crippen LogP contribution < -0.4 is 5.73 Å². The number of carbonyl (C=O) groups is 1. The van der Waals surface area contributed by atoms with E-state index in [0.29, 0.717) is 17.4 Å². The summed E-state index contributed by atoms with van der Waals surface area (Å²) in [4.78, 5) is 18.0. The number of nitrogen functional groups attached to an aromatic ring is 1. The number of aromatic nitrogens is 1. The molecule has 98 valence electrons. The van der Waals surface area contributed by atoms with Crippen LogP contribution in [-0.2, 0) is 0 Å². The first-order chi connectivity index (χ1) is 8.66. The number of amides is 1. The van der Waals surface area contributed by atoms with Gasteiger partial charge in [0.15, 0.2) is 0 Å². The van der Waals surface area contributed by atoms with Gasteiger partial charge in [0.05, 0.1) is 0 Å². The molecule has 1 aliphatic rings. The molecule has 1 heterocycles. The zero-order valence-electron chi connectivity index (χ0n) is 10.9. The highest BCUT2D eigenvalue weighted by Gasteiger charge is 2.19. The summed E-state index contributed by atoms with van der Waals surface area (Å²) in [6, 6.07) is 5.18. The second-order valence-corrected chi connectivity index (χ2v) is 5.14. The topological polar surface area (TPSA) is 59.2 Å². The van der Waals surface area contributed by atoms with E-state index in [1.54, 1.807) is 23.1 Å². The number of hydrogen-bond acceptors (Lipinski definition) is 3. The SMILES string of the molecule is CN(CC1CCCCC1)C(=O)c1cccc(N)n1. The Hall–Kier alpha value is -1.58. The van der Waals surface area contributed by atoms with E-state index < -0.39 is 0 Å². The van der Waals surface area contributed by atoms with Crippen molar-refractivity contribution in [2.45, 2.75) is 32.1 Å². The van der Waals surface area contributed by atoms with Crippen LogP contribution in [0.4, 0.5) is 5.82 Å². The highest BCUT2D eigenvalue weighted by Crippen LogP contribution is 2.24. The Morgan fingerprint density at radius 2 is 2.11 bits per heavy atom. The summed E-state index contributed by atoms with van der Waals surface area (Å²) >= 11 is 0. The molecule has 0 spiro atoms. The van der Waals surface area contributed by atoms with Crippen molar-refractivity contribution in [2.24, 2.45) is 5.92 Å². The summed E-state index contributed by atoms with van der Waals surface area (Å²) < 4.78 is 0. The first-order valence-electron chi connectivity index (χ1n) is 6.65. The summed E-state index contributed by atoms with van der Waals surface area (Å²) in [7, 11) is 1.85. The third-order valence-electron chi connectivity index (χ3n) is 3.59. The summed E-state index contributed by atoms with van der Waals surface area (Å²) in [5, 5.41) is 0. The summed E-state index contributed by atoms with van der Waals surface area (Å²) in [6.45, 7) is 0.829.